The molecule has 0 radical (unpaired) electrons. The summed E-state index contributed by atoms with van der Waals surface area (Å²) in [4.78, 5) is 10.7. The lowest BCUT2D eigenvalue weighted by molar-refractivity contribution is -0.140. The Balaban J connectivity index is 2.35. The van der Waals surface area contributed by atoms with Crippen LogP contribution < -0.4 is 16.8 Å². The minimum Gasteiger partial charge on any atom is -0.480 e. The van der Waals surface area contributed by atoms with Crippen molar-refractivity contribution in [2.45, 2.75) is 37.8 Å². The number of carbonyl (C=O) groups is 1. The number of carboxylic acid groups (broad SMARTS) is 1. The predicted octanol–water partition coefficient (Wildman–Crippen LogP) is -0.560. The van der Waals surface area contributed by atoms with Crippen molar-refractivity contribution in [2.75, 3.05) is 0 Å². The summed E-state index contributed by atoms with van der Waals surface area (Å²) in [6.45, 7) is 0. The molecule has 0 aliphatic heterocycles. The predicted molar refractivity (Wildman–Crippen MR) is 56.4 cm³/mol. The van der Waals surface area contributed by atoms with Gasteiger partial charge in [0, 0.05) is 6.04 Å². The summed E-state index contributed by atoms with van der Waals surface area (Å²) in [5.41, 5.74) is 10.8. The average molecular weight is 214 g/mol. The topological polar surface area (TPSA) is 125 Å². The summed E-state index contributed by atoms with van der Waals surface area (Å²) in [5, 5.41) is 18.7. The Morgan fingerprint density at radius 1 is 1.40 bits per heavy atom. The molecule has 1 saturated carbocycles. The smallest absolute Gasteiger partial charge is 0.320 e. The SMILES string of the molecule is N=C(N)NC1CCC(C(N)C(=O)O)CC1. The molecular formula is C9H18N4O2. The van der Waals surface area contributed by atoms with Crippen LogP contribution in [-0.2, 0) is 4.79 Å². The highest BCUT2D eigenvalue weighted by Crippen LogP contribution is 2.26. The summed E-state index contributed by atoms with van der Waals surface area (Å²) >= 11 is 0. The van der Waals surface area contributed by atoms with E-state index in [-0.39, 0.29) is 17.9 Å². The van der Waals surface area contributed by atoms with Crippen molar-refractivity contribution < 1.29 is 9.90 Å². The molecule has 1 aliphatic carbocycles. The minimum atomic E-state index is -0.932. The van der Waals surface area contributed by atoms with E-state index in [2.05, 4.69) is 5.32 Å². The number of hydrogen-bond acceptors (Lipinski definition) is 3. The maximum atomic E-state index is 10.7. The van der Waals surface area contributed by atoms with Gasteiger partial charge in [-0.1, -0.05) is 0 Å². The monoisotopic (exact) mass is 214 g/mol. The van der Waals surface area contributed by atoms with Gasteiger partial charge in [0.15, 0.2) is 5.96 Å². The van der Waals surface area contributed by atoms with Crippen LogP contribution in [0.25, 0.3) is 0 Å². The van der Waals surface area contributed by atoms with Crippen molar-refractivity contribution in [3.63, 3.8) is 0 Å². The van der Waals surface area contributed by atoms with Crippen molar-refractivity contribution in [1.82, 2.24) is 5.32 Å². The number of nitrogens with two attached hydrogens (primary N) is 2. The number of rotatable bonds is 3. The molecule has 0 spiro atoms. The van der Waals surface area contributed by atoms with Gasteiger partial charge in [-0.2, -0.15) is 0 Å². The molecule has 1 rings (SSSR count). The molecule has 7 N–H and O–H groups in total. The zero-order chi connectivity index (χ0) is 11.4. The quantitative estimate of drug-likeness (QED) is 0.318. The second kappa shape index (κ2) is 4.97. The van der Waals surface area contributed by atoms with Gasteiger partial charge in [0.05, 0.1) is 0 Å². The third-order valence-electron chi connectivity index (χ3n) is 2.92. The number of nitrogens with one attached hydrogen (secondary N) is 2. The highest BCUT2D eigenvalue weighted by molar-refractivity contribution is 5.74. The fraction of sp³-hybridized carbons (Fsp3) is 0.778. The van der Waals surface area contributed by atoms with Crippen LogP contribution in [0.2, 0.25) is 0 Å². The van der Waals surface area contributed by atoms with E-state index in [0.29, 0.717) is 0 Å². The van der Waals surface area contributed by atoms with E-state index in [1.165, 1.54) is 0 Å². The molecular weight excluding hydrogens is 196 g/mol. The highest BCUT2D eigenvalue weighted by Gasteiger charge is 2.29. The maximum absolute atomic E-state index is 10.7. The van der Waals surface area contributed by atoms with Gasteiger partial charge in [0.2, 0.25) is 0 Å². The first kappa shape index (κ1) is 11.8. The molecule has 6 heteroatoms. The molecule has 0 heterocycles. The van der Waals surface area contributed by atoms with Gasteiger partial charge in [-0.15, -0.1) is 0 Å². The van der Waals surface area contributed by atoms with Crippen molar-refractivity contribution >= 4 is 11.9 Å². The van der Waals surface area contributed by atoms with Gasteiger partial charge in [-0.3, -0.25) is 10.2 Å². The Bertz CT molecular complexity index is 248. The second-order valence-corrected chi connectivity index (χ2v) is 4.03. The lowest BCUT2D eigenvalue weighted by atomic mass is 9.82. The summed E-state index contributed by atoms with van der Waals surface area (Å²) in [5.74, 6) is -0.911. The molecule has 6 nitrogen and oxygen atoms in total. The third kappa shape index (κ3) is 3.39. The maximum Gasteiger partial charge on any atom is 0.320 e. The van der Waals surface area contributed by atoms with Crippen LogP contribution in [0.3, 0.4) is 0 Å². The molecule has 0 aromatic rings. The molecule has 0 bridgehead atoms. The van der Waals surface area contributed by atoms with Gasteiger partial charge in [0.1, 0.15) is 6.04 Å². The van der Waals surface area contributed by atoms with E-state index >= 15 is 0 Å². The largest absolute Gasteiger partial charge is 0.480 e. The van der Waals surface area contributed by atoms with E-state index in [9.17, 15) is 4.79 Å². The van der Waals surface area contributed by atoms with Crippen LogP contribution in [0.15, 0.2) is 0 Å². The van der Waals surface area contributed by atoms with Gasteiger partial charge < -0.3 is 21.9 Å². The first-order chi connectivity index (χ1) is 7.00. The van der Waals surface area contributed by atoms with E-state index in [1.807, 2.05) is 0 Å². The van der Waals surface area contributed by atoms with E-state index < -0.39 is 12.0 Å². The Morgan fingerprint density at radius 3 is 2.33 bits per heavy atom. The Labute approximate surface area is 88.5 Å². The Kier molecular flexibility index (Phi) is 3.90. The molecule has 0 aromatic carbocycles. The fourth-order valence-corrected chi connectivity index (χ4v) is 2.04. The van der Waals surface area contributed by atoms with E-state index in [1.54, 1.807) is 0 Å². The standard InChI is InChI=1S/C9H18N4O2/c10-7(8(14)15)5-1-3-6(4-2-5)13-9(11)12/h5-7H,1-4,10H2,(H,14,15)(H4,11,12,13). The van der Waals surface area contributed by atoms with Gasteiger partial charge in [-0.25, -0.2) is 0 Å². The lowest BCUT2D eigenvalue weighted by Crippen LogP contribution is -2.45. The lowest BCUT2D eigenvalue weighted by Gasteiger charge is -2.30. The zero-order valence-electron chi connectivity index (χ0n) is 8.57. The van der Waals surface area contributed by atoms with Crippen molar-refractivity contribution in [1.29, 1.82) is 5.41 Å². The molecule has 15 heavy (non-hydrogen) atoms. The number of carboxylic acids is 1. The molecule has 1 unspecified atom stereocenters. The van der Waals surface area contributed by atoms with E-state index in [4.69, 9.17) is 22.0 Å². The van der Waals surface area contributed by atoms with Crippen LogP contribution in [-0.4, -0.2) is 29.1 Å². The number of hydrogen-bond donors (Lipinski definition) is 5. The van der Waals surface area contributed by atoms with Crippen molar-refractivity contribution in [3.8, 4) is 0 Å². The molecule has 1 aliphatic rings. The minimum absolute atomic E-state index is 0.0269. The van der Waals surface area contributed by atoms with Gasteiger partial charge >= 0.3 is 5.97 Å². The Hall–Kier alpha value is -1.30. The van der Waals surface area contributed by atoms with Gasteiger partial charge in [-0.05, 0) is 31.6 Å². The van der Waals surface area contributed by atoms with Crippen molar-refractivity contribution in [3.05, 3.63) is 0 Å². The molecule has 1 fully saturated rings. The Morgan fingerprint density at radius 2 is 1.93 bits per heavy atom. The van der Waals surface area contributed by atoms with Crippen LogP contribution in [0, 0.1) is 11.3 Å². The van der Waals surface area contributed by atoms with Crippen LogP contribution in [0.5, 0.6) is 0 Å². The molecule has 0 aromatic heterocycles. The number of guanidine groups is 1. The second-order valence-electron chi connectivity index (χ2n) is 4.03. The van der Waals surface area contributed by atoms with Crippen LogP contribution in [0.4, 0.5) is 0 Å². The highest BCUT2D eigenvalue weighted by atomic mass is 16.4. The molecule has 0 saturated heterocycles. The normalized spacial score (nSPS) is 28.1. The summed E-state index contributed by atoms with van der Waals surface area (Å²) in [6, 6.07) is -0.567. The molecule has 86 valence electrons. The van der Waals surface area contributed by atoms with Crippen LogP contribution in [0.1, 0.15) is 25.7 Å². The molecule has 0 amide bonds. The summed E-state index contributed by atoms with van der Waals surface area (Å²) < 4.78 is 0. The van der Waals surface area contributed by atoms with E-state index in [0.717, 1.165) is 25.7 Å². The molecule has 1 atom stereocenters. The first-order valence-corrected chi connectivity index (χ1v) is 5.09. The zero-order valence-corrected chi connectivity index (χ0v) is 8.57. The van der Waals surface area contributed by atoms with Gasteiger partial charge in [0.25, 0.3) is 0 Å². The fourth-order valence-electron chi connectivity index (χ4n) is 2.04. The summed E-state index contributed by atoms with van der Waals surface area (Å²) in [6.07, 6.45) is 3.20. The first-order valence-electron chi connectivity index (χ1n) is 5.09. The van der Waals surface area contributed by atoms with Crippen molar-refractivity contribution in [2.24, 2.45) is 17.4 Å². The average Bonchev–Trinajstić information content (AvgIpc) is 2.17. The van der Waals surface area contributed by atoms with Crippen LogP contribution >= 0.6 is 0 Å². The number of aliphatic carboxylic acids is 1. The third-order valence-corrected chi connectivity index (χ3v) is 2.92. The summed E-state index contributed by atoms with van der Waals surface area (Å²) in [7, 11) is 0.